The first kappa shape index (κ1) is 17.8. The summed E-state index contributed by atoms with van der Waals surface area (Å²) in [5.74, 6) is 1.36. The van der Waals surface area contributed by atoms with Crippen LogP contribution in [0, 0.1) is 5.82 Å². The first-order valence-corrected chi connectivity index (χ1v) is 9.54. The van der Waals surface area contributed by atoms with Gasteiger partial charge in [0.05, 0.1) is 17.2 Å². The Morgan fingerprint density at radius 3 is 2.92 bits per heavy atom. The summed E-state index contributed by atoms with van der Waals surface area (Å²) in [7, 11) is 0. The van der Waals surface area contributed by atoms with Gasteiger partial charge in [-0.2, -0.15) is 0 Å². The minimum Gasteiger partial charge on any atom is -0.493 e. The van der Waals surface area contributed by atoms with Crippen molar-refractivity contribution in [3.05, 3.63) is 57.9 Å². The number of ether oxygens (including phenoxy) is 1. The summed E-state index contributed by atoms with van der Waals surface area (Å²) in [6, 6.07) is 8.96. The average Bonchev–Trinajstić information content (AvgIpc) is 3.06. The Morgan fingerprint density at radius 2 is 2.12 bits per heavy atom. The van der Waals surface area contributed by atoms with Crippen LogP contribution in [0.15, 0.2) is 46.5 Å². The fraction of sp³-hybridized carbons (Fsp3) is 0.222. The quantitative estimate of drug-likeness (QED) is 0.572. The largest absolute Gasteiger partial charge is 0.493 e. The van der Waals surface area contributed by atoms with Crippen LogP contribution in [0.1, 0.15) is 12.5 Å². The van der Waals surface area contributed by atoms with E-state index in [1.807, 2.05) is 30.5 Å². The molecule has 1 aromatic carbocycles. The molecule has 0 unspecified atom stereocenters. The fourth-order valence-corrected chi connectivity index (χ4v) is 3.46. The van der Waals surface area contributed by atoms with Gasteiger partial charge in [-0.25, -0.2) is 14.4 Å². The second-order valence-corrected chi connectivity index (χ2v) is 7.11. The van der Waals surface area contributed by atoms with Gasteiger partial charge in [0.1, 0.15) is 23.7 Å². The van der Waals surface area contributed by atoms with Crippen LogP contribution in [0.5, 0.6) is 5.75 Å². The van der Waals surface area contributed by atoms with Crippen LogP contribution >= 0.6 is 27.3 Å². The van der Waals surface area contributed by atoms with Gasteiger partial charge < -0.3 is 10.1 Å². The number of hydrogen-bond donors (Lipinski definition) is 1. The molecule has 0 amide bonds. The van der Waals surface area contributed by atoms with Crippen molar-refractivity contribution in [2.45, 2.75) is 13.3 Å². The SMILES string of the molecule is CCOc1csc(-c2cc(NCCc3ccc(Br)cc3F)ncn2)c1. The van der Waals surface area contributed by atoms with Crippen molar-refractivity contribution in [3.8, 4) is 16.3 Å². The minimum absolute atomic E-state index is 0.207. The monoisotopic (exact) mass is 421 g/mol. The van der Waals surface area contributed by atoms with Crippen LogP contribution in [-0.4, -0.2) is 23.1 Å². The molecule has 2 heterocycles. The normalized spacial score (nSPS) is 10.7. The van der Waals surface area contributed by atoms with E-state index in [4.69, 9.17) is 4.74 Å². The molecule has 0 bridgehead atoms. The van der Waals surface area contributed by atoms with E-state index in [-0.39, 0.29) is 5.82 Å². The maximum atomic E-state index is 13.8. The van der Waals surface area contributed by atoms with Crippen molar-refractivity contribution in [2.75, 3.05) is 18.5 Å². The predicted octanol–water partition coefficient (Wildman–Crippen LogP) is 5.16. The van der Waals surface area contributed by atoms with Crippen LogP contribution < -0.4 is 10.1 Å². The highest BCUT2D eigenvalue weighted by atomic mass is 79.9. The van der Waals surface area contributed by atoms with Crippen molar-refractivity contribution < 1.29 is 9.13 Å². The van der Waals surface area contributed by atoms with E-state index < -0.39 is 0 Å². The van der Waals surface area contributed by atoms with E-state index >= 15 is 0 Å². The third-order valence-corrected chi connectivity index (χ3v) is 4.95. The average molecular weight is 422 g/mol. The number of nitrogens with one attached hydrogen (secondary N) is 1. The smallest absolute Gasteiger partial charge is 0.130 e. The van der Waals surface area contributed by atoms with E-state index in [0.29, 0.717) is 31.0 Å². The summed E-state index contributed by atoms with van der Waals surface area (Å²) in [6.45, 7) is 3.18. The molecule has 4 nitrogen and oxygen atoms in total. The lowest BCUT2D eigenvalue weighted by Crippen LogP contribution is -2.07. The number of benzene rings is 1. The number of thiophene rings is 1. The standard InChI is InChI=1S/C18H17BrFN3OS/c1-2-24-14-8-17(25-10-14)16-9-18(23-11-22-16)21-6-5-12-3-4-13(19)7-15(12)20/h3-4,7-11H,2,5-6H2,1H3,(H,21,22,23). The molecule has 2 aromatic heterocycles. The fourth-order valence-electron chi connectivity index (χ4n) is 2.33. The molecule has 0 spiro atoms. The molecule has 0 radical (unpaired) electrons. The molecule has 0 aliphatic rings. The van der Waals surface area contributed by atoms with Gasteiger partial charge in [-0.05, 0) is 31.0 Å². The maximum Gasteiger partial charge on any atom is 0.130 e. The highest BCUT2D eigenvalue weighted by Gasteiger charge is 2.07. The second kappa shape index (κ2) is 8.40. The van der Waals surface area contributed by atoms with Crippen LogP contribution in [0.4, 0.5) is 10.2 Å². The number of anilines is 1. The Kier molecular flexibility index (Phi) is 5.99. The van der Waals surface area contributed by atoms with Gasteiger partial charge in [0.25, 0.3) is 0 Å². The second-order valence-electron chi connectivity index (χ2n) is 5.28. The summed E-state index contributed by atoms with van der Waals surface area (Å²) < 4.78 is 20.1. The number of hydrogen-bond acceptors (Lipinski definition) is 5. The Balaban J connectivity index is 1.63. The molecule has 0 aliphatic heterocycles. The molecule has 25 heavy (non-hydrogen) atoms. The van der Waals surface area contributed by atoms with Crippen molar-refractivity contribution in [1.29, 1.82) is 0 Å². The van der Waals surface area contributed by atoms with Gasteiger partial charge in [-0.3, -0.25) is 0 Å². The molecule has 3 aromatic rings. The van der Waals surface area contributed by atoms with Gasteiger partial charge >= 0.3 is 0 Å². The molecular formula is C18H17BrFN3OS. The summed E-state index contributed by atoms with van der Waals surface area (Å²) in [5, 5.41) is 5.18. The summed E-state index contributed by atoms with van der Waals surface area (Å²) >= 11 is 4.84. The molecule has 1 N–H and O–H groups in total. The van der Waals surface area contributed by atoms with Crippen molar-refractivity contribution in [1.82, 2.24) is 9.97 Å². The molecule has 0 saturated heterocycles. The van der Waals surface area contributed by atoms with Gasteiger partial charge in [0.15, 0.2) is 0 Å². The van der Waals surface area contributed by atoms with Crippen LogP contribution in [0.3, 0.4) is 0 Å². The number of halogens is 2. The Bertz CT molecular complexity index is 856. The predicted molar refractivity (Wildman–Crippen MR) is 103 cm³/mol. The zero-order chi connectivity index (χ0) is 17.6. The Labute approximate surface area is 158 Å². The minimum atomic E-state index is -0.207. The molecule has 7 heteroatoms. The zero-order valence-electron chi connectivity index (χ0n) is 13.6. The lowest BCUT2D eigenvalue weighted by molar-refractivity contribution is 0.342. The molecule has 0 atom stereocenters. The molecule has 0 saturated carbocycles. The summed E-state index contributed by atoms with van der Waals surface area (Å²) in [4.78, 5) is 9.56. The lowest BCUT2D eigenvalue weighted by atomic mass is 10.1. The Morgan fingerprint density at radius 1 is 1.24 bits per heavy atom. The first-order valence-electron chi connectivity index (χ1n) is 7.87. The topological polar surface area (TPSA) is 47.0 Å². The van der Waals surface area contributed by atoms with E-state index in [1.54, 1.807) is 17.4 Å². The highest BCUT2D eigenvalue weighted by molar-refractivity contribution is 9.10. The number of aromatic nitrogens is 2. The van der Waals surface area contributed by atoms with Crippen LogP contribution in [-0.2, 0) is 6.42 Å². The van der Waals surface area contributed by atoms with E-state index in [1.165, 1.54) is 12.4 Å². The Hall–Kier alpha value is -1.99. The van der Waals surface area contributed by atoms with Gasteiger partial charge in [0.2, 0.25) is 0 Å². The molecule has 3 rings (SSSR count). The summed E-state index contributed by atoms with van der Waals surface area (Å²) in [5.41, 5.74) is 1.51. The third kappa shape index (κ3) is 4.76. The van der Waals surface area contributed by atoms with Crippen molar-refractivity contribution in [3.63, 3.8) is 0 Å². The van der Waals surface area contributed by atoms with Gasteiger partial charge in [0, 0.05) is 28.5 Å². The zero-order valence-corrected chi connectivity index (χ0v) is 16.0. The van der Waals surface area contributed by atoms with Gasteiger partial charge in [-0.15, -0.1) is 11.3 Å². The van der Waals surface area contributed by atoms with E-state index in [2.05, 4.69) is 31.2 Å². The number of nitrogens with zero attached hydrogens (tertiary/aromatic N) is 2. The number of rotatable bonds is 7. The molecule has 130 valence electrons. The molecule has 0 aliphatic carbocycles. The van der Waals surface area contributed by atoms with E-state index in [0.717, 1.165) is 20.8 Å². The summed E-state index contributed by atoms with van der Waals surface area (Å²) in [6.07, 6.45) is 2.10. The highest BCUT2D eigenvalue weighted by Crippen LogP contribution is 2.30. The van der Waals surface area contributed by atoms with Crippen LogP contribution in [0.2, 0.25) is 0 Å². The van der Waals surface area contributed by atoms with Gasteiger partial charge in [-0.1, -0.05) is 22.0 Å². The lowest BCUT2D eigenvalue weighted by Gasteiger charge is -2.07. The van der Waals surface area contributed by atoms with Crippen LogP contribution in [0.25, 0.3) is 10.6 Å². The molecule has 0 fully saturated rings. The molecular weight excluding hydrogens is 405 g/mol. The van der Waals surface area contributed by atoms with Crippen molar-refractivity contribution in [2.24, 2.45) is 0 Å². The first-order chi connectivity index (χ1) is 12.2. The van der Waals surface area contributed by atoms with E-state index in [9.17, 15) is 4.39 Å². The third-order valence-electron chi connectivity index (χ3n) is 3.52. The maximum absolute atomic E-state index is 13.8. The van der Waals surface area contributed by atoms with Crippen molar-refractivity contribution >= 4 is 33.1 Å².